The first kappa shape index (κ1) is 23.2. The van der Waals surface area contributed by atoms with Gasteiger partial charge in [0.2, 0.25) is 0 Å². The molecule has 15 heteroatoms. The molecule has 0 radical (unpaired) electrons. The summed E-state index contributed by atoms with van der Waals surface area (Å²) < 4.78 is 5.05. The Hall–Kier alpha value is -5.47. The molecule has 0 unspecified atom stereocenters. The van der Waals surface area contributed by atoms with E-state index in [1.165, 1.54) is 48.7 Å². The summed E-state index contributed by atoms with van der Waals surface area (Å²) in [6.45, 7) is 0. The highest BCUT2D eigenvalue weighted by Crippen LogP contribution is 2.22. The van der Waals surface area contributed by atoms with E-state index in [0.717, 1.165) is 0 Å². The number of ether oxygens (including phenoxy) is 1. The van der Waals surface area contributed by atoms with E-state index in [1.54, 1.807) is 12.1 Å². The number of hydrogen-bond donors (Lipinski definition) is 3. The van der Waals surface area contributed by atoms with Crippen LogP contribution in [0.3, 0.4) is 0 Å². The highest BCUT2D eigenvalue weighted by atomic mass is 17.0. The van der Waals surface area contributed by atoms with E-state index in [-0.39, 0.29) is 22.4 Å². The number of amides is 1. The maximum atomic E-state index is 12.0. The molecule has 1 aromatic heterocycles. The average molecular weight is 471 g/mol. The van der Waals surface area contributed by atoms with Gasteiger partial charge in [0.15, 0.2) is 0 Å². The van der Waals surface area contributed by atoms with Crippen LogP contribution in [0.1, 0.15) is 0 Å². The molecule has 3 rings (SSSR count). The Morgan fingerprint density at radius 1 is 0.941 bits per heavy atom. The third-order valence-electron chi connectivity index (χ3n) is 3.81. The van der Waals surface area contributed by atoms with Crippen LogP contribution in [0.4, 0.5) is 31.7 Å². The van der Waals surface area contributed by atoms with Crippen molar-refractivity contribution in [2.45, 2.75) is 0 Å². The molecule has 0 saturated carbocycles. The minimum Gasteiger partial charge on any atom is -0.448 e. The van der Waals surface area contributed by atoms with Gasteiger partial charge in [-0.25, -0.2) is 24.4 Å². The first-order valence-corrected chi connectivity index (χ1v) is 9.00. The third kappa shape index (κ3) is 6.27. The van der Waals surface area contributed by atoms with Crippen molar-refractivity contribution in [1.82, 2.24) is 9.97 Å². The molecule has 15 nitrogen and oxygen atoms in total. The van der Waals surface area contributed by atoms with E-state index in [9.17, 15) is 24.5 Å². The van der Waals surface area contributed by atoms with Crippen molar-refractivity contribution in [3.8, 4) is 17.0 Å². The van der Waals surface area contributed by atoms with Crippen molar-refractivity contribution in [1.29, 1.82) is 0 Å². The van der Waals surface area contributed by atoms with E-state index >= 15 is 0 Å². The van der Waals surface area contributed by atoms with Gasteiger partial charge in [-0.15, -0.1) is 0 Å². The standard InChI is InChI=1S/C19H13N5O10/c25-17(32-14-7-5-13(6-8-14)23(30)31)21-12-3-1-11(2-4-12)15-9-10-20-16(22-15)24(33-18(26)27)34-19(28)29/h1-10H,(H,21,25)(H,26,27)(H,28,29). The van der Waals surface area contributed by atoms with Gasteiger partial charge >= 0.3 is 24.4 Å². The van der Waals surface area contributed by atoms with Crippen molar-refractivity contribution < 1.29 is 43.9 Å². The Morgan fingerprint density at radius 2 is 1.56 bits per heavy atom. The fourth-order valence-corrected chi connectivity index (χ4v) is 2.45. The fraction of sp³-hybridized carbons (Fsp3) is 0. The van der Waals surface area contributed by atoms with Crippen LogP contribution in [-0.2, 0) is 9.68 Å². The minimum atomic E-state index is -1.86. The number of nitrogens with zero attached hydrogens (tertiary/aromatic N) is 4. The van der Waals surface area contributed by atoms with Crippen LogP contribution in [0.25, 0.3) is 11.3 Å². The van der Waals surface area contributed by atoms with Crippen LogP contribution in [0.5, 0.6) is 5.75 Å². The molecular formula is C19H13N5O10. The summed E-state index contributed by atoms with van der Waals surface area (Å²) in [7, 11) is 0. The smallest absolute Gasteiger partial charge is 0.448 e. The van der Waals surface area contributed by atoms with E-state index in [0.29, 0.717) is 11.3 Å². The van der Waals surface area contributed by atoms with Gasteiger partial charge in [-0.3, -0.25) is 25.1 Å². The highest BCUT2D eigenvalue weighted by molar-refractivity contribution is 5.86. The Labute approximate surface area is 188 Å². The molecule has 0 aliphatic rings. The van der Waals surface area contributed by atoms with Crippen molar-refractivity contribution in [3.05, 3.63) is 70.9 Å². The van der Waals surface area contributed by atoms with Gasteiger partial charge in [0.05, 0.1) is 10.6 Å². The molecule has 0 atom stereocenters. The monoisotopic (exact) mass is 471 g/mol. The van der Waals surface area contributed by atoms with Gasteiger partial charge < -0.3 is 14.9 Å². The molecule has 3 N–H and O–H groups in total. The predicted octanol–water partition coefficient (Wildman–Crippen LogP) is 3.69. The largest absolute Gasteiger partial charge is 0.533 e. The van der Waals surface area contributed by atoms with Gasteiger partial charge in [-0.1, -0.05) is 12.1 Å². The number of aromatic nitrogens is 2. The zero-order valence-electron chi connectivity index (χ0n) is 16.7. The number of nitro groups is 1. The Morgan fingerprint density at radius 3 is 2.12 bits per heavy atom. The van der Waals surface area contributed by atoms with Gasteiger partial charge in [0.25, 0.3) is 5.69 Å². The molecular weight excluding hydrogens is 458 g/mol. The lowest BCUT2D eigenvalue weighted by molar-refractivity contribution is -0.384. The quantitative estimate of drug-likeness (QED) is 0.332. The molecule has 174 valence electrons. The van der Waals surface area contributed by atoms with E-state index in [4.69, 9.17) is 14.9 Å². The number of nitro benzene ring substituents is 1. The Kier molecular flexibility index (Phi) is 6.98. The summed E-state index contributed by atoms with van der Waals surface area (Å²) in [4.78, 5) is 59.7. The fourth-order valence-electron chi connectivity index (χ4n) is 2.45. The molecule has 3 aromatic rings. The zero-order chi connectivity index (χ0) is 24.7. The number of carboxylic acid groups (broad SMARTS) is 2. The van der Waals surface area contributed by atoms with Crippen LogP contribution in [0.15, 0.2) is 60.8 Å². The number of hydrogen-bond acceptors (Lipinski definition) is 11. The molecule has 0 aliphatic heterocycles. The first-order chi connectivity index (χ1) is 16.2. The number of anilines is 2. The Balaban J connectivity index is 1.68. The number of benzene rings is 2. The summed E-state index contributed by atoms with van der Waals surface area (Å²) in [5.74, 6) is -0.402. The molecule has 34 heavy (non-hydrogen) atoms. The maximum absolute atomic E-state index is 12.0. The number of nitrogens with one attached hydrogen (secondary N) is 1. The minimum absolute atomic E-state index is 0.0122. The second-order valence-corrected chi connectivity index (χ2v) is 6.06. The third-order valence-corrected chi connectivity index (χ3v) is 3.81. The summed E-state index contributed by atoms with van der Waals surface area (Å²) in [6, 6.07) is 12.5. The topological polar surface area (TPSA) is 204 Å². The van der Waals surface area contributed by atoms with Crippen LogP contribution in [0.2, 0.25) is 0 Å². The molecule has 0 fully saturated rings. The van der Waals surface area contributed by atoms with Crippen molar-refractivity contribution >= 4 is 35.7 Å². The van der Waals surface area contributed by atoms with E-state index < -0.39 is 29.3 Å². The molecule has 2 aromatic carbocycles. The molecule has 0 bridgehead atoms. The molecule has 0 spiro atoms. The van der Waals surface area contributed by atoms with Crippen molar-refractivity contribution in [2.75, 3.05) is 10.5 Å². The lowest BCUT2D eigenvalue weighted by Crippen LogP contribution is -2.30. The second-order valence-electron chi connectivity index (χ2n) is 6.06. The predicted molar refractivity (Wildman–Crippen MR) is 111 cm³/mol. The van der Waals surface area contributed by atoms with Gasteiger partial charge in [0.1, 0.15) is 5.75 Å². The molecule has 0 aliphatic carbocycles. The Bertz CT molecular complexity index is 1200. The van der Waals surface area contributed by atoms with E-state index in [1.807, 2.05) is 0 Å². The number of carbonyl (C=O) groups excluding carboxylic acids is 1. The molecule has 1 heterocycles. The molecule has 1 amide bonds. The summed E-state index contributed by atoms with van der Waals surface area (Å²) in [6.07, 6.45) is -3.33. The SMILES string of the molecule is O=C(O)ON(OC(=O)O)c1nccc(-c2ccc(NC(=O)Oc3ccc([N+](=O)[O-])cc3)cc2)n1. The summed E-state index contributed by atoms with van der Waals surface area (Å²) in [5.41, 5.74) is 0.930. The van der Waals surface area contributed by atoms with Gasteiger partial charge in [-0.05, 0) is 30.3 Å². The van der Waals surface area contributed by atoms with Crippen LogP contribution < -0.4 is 15.3 Å². The van der Waals surface area contributed by atoms with Crippen LogP contribution in [-0.4, -0.2) is 43.5 Å². The number of rotatable bonds is 7. The highest BCUT2D eigenvalue weighted by Gasteiger charge is 2.21. The van der Waals surface area contributed by atoms with E-state index in [2.05, 4.69) is 25.0 Å². The lowest BCUT2D eigenvalue weighted by Gasteiger charge is -2.15. The van der Waals surface area contributed by atoms with Gasteiger partial charge in [0, 0.05) is 34.8 Å². The zero-order valence-corrected chi connectivity index (χ0v) is 16.7. The number of carbonyl (C=O) groups is 3. The average Bonchev–Trinajstić information content (AvgIpc) is 2.79. The number of non-ortho nitro benzene ring substituents is 1. The first-order valence-electron chi connectivity index (χ1n) is 9.00. The van der Waals surface area contributed by atoms with Crippen molar-refractivity contribution in [2.24, 2.45) is 0 Å². The summed E-state index contributed by atoms with van der Waals surface area (Å²) in [5, 5.41) is 30.6. The molecule has 0 saturated heterocycles. The van der Waals surface area contributed by atoms with Crippen LogP contribution >= 0.6 is 0 Å². The lowest BCUT2D eigenvalue weighted by atomic mass is 10.1. The normalized spacial score (nSPS) is 10.0. The second kappa shape index (κ2) is 10.2. The maximum Gasteiger partial charge on any atom is 0.533 e. The van der Waals surface area contributed by atoms with Crippen LogP contribution in [0, 0.1) is 10.1 Å². The summed E-state index contributed by atoms with van der Waals surface area (Å²) >= 11 is 0. The van der Waals surface area contributed by atoms with Crippen molar-refractivity contribution in [3.63, 3.8) is 0 Å². The van der Waals surface area contributed by atoms with Gasteiger partial charge in [-0.2, -0.15) is 0 Å².